The van der Waals surface area contributed by atoms with E-state index in [1.807, 2.05) is 18.2 Å². The van der Waals surface area contributed by atoms with Crippen molar-refractivity contribution in [1.82, 2.24) is 4.90 Å². The number of fused-ring (bicyclic) bond motifs is 1. The minimum absolute atomic E-state index is 0.407. The van der Waals surface area contributed by atoms with Crippen LogP contribution in [-0.4, -0.2) is 36.2 Å². The maximum absolute atomic E-state index is 12.4. The summed E-state index contributed by atoms with van der Waals surface area (Å²) in [6.45, 7) is 5.80. The van der Waals surface area contributed by atoms with Crippen molar-refractivity contribution >= 4 is 28.0 Å². The highest BCUT2D eigenvalue weighted by molar-refractivity contribution is 9.10. The van der Waals surface area contributed by atoms with Crippen LogP contribution in [0.2, 0.25) is 0 Å². The molecular weight excluding hydrogens is 350 g/mol. The number of carbonyl (C=O) groups excluding carboxylic acids is 2. The van der Waals surface area contributed by atoms with Gasteiger partial charge in [-0.05, 0) is 44.4 Å². The minimum Gasteiger partial charge on any atom is -0.467 e. The summed E-state index contributed by atoms with van der Waals surface area (Å²) in [5.41, 5.74) is 1.19. The lowest BCUT2D eigenvalue weighted by Crippen LogP contribution is -2.46. The topological polar surface area (TPSA) is 55.8 Å². The number of carbonyl (C=O) groups is 2. The molecule has 1 amide bonds. The molecule has 0 aromatic heterocycles. The molecule has 22 heavy (non-hydrogen) atoms. The zero-order valence-corrected chi connectivity index (χ0v) is 14.8. The van der Waals surface area contributed by atoms with Crippen LogP contribution < -0.4 is 0 Å². The van der Waals surface area contributed by atoms with Crippen LogP contribution in [0, 0.1) is 0 Å². The third kappa shape index (κ3) is 3.43. The molecule has 1 aromatic carbocycles. The lowest BCUT2D eigenvalue weighted by atomic mass is 9.93. The zero-order chi connectivity index (χ0) is 16.5. The number of nitrogens with zero attached hydrogens (tertiary/aromatic N) is 1. The molecule has 0 unspecified atom stereocenters. The summed E-state index contributed by atoms with van der Waals surface area (Å²) in [6, 6.07) is 4.84. The van der Waals surface area contributed by atoms with E-state index < -0.39 is 23.7 Å². The average molecular weight is 370 g/mol. The first-order valence-corrected chi connectivity index (χ1v) is 7.88. The first-order chi connectivity index (χ1) is 10.2. The van der Waals surface area contributed by atoms with Crippen LogP contribution in [-0.2, 0) is 20.7 Å². The fourth-order valence-electron chi connectivity index (χ4n) is 2.51. The van der Waals surface area contributed by atoms with Gasteiger partial charge < -0.3 is 9.47 Å². The summed E-state index contributed by atoms with van der Waals surface area (Å²) in [7, 11) is 1.32. The molecule has 0 radical (unpaired) electrons. The lowest BCUT2D eigenvalue weighted by Gasteiger charge is -2.36. The average Bonchev–Trinajstić information content (AvgIpc) is 2.44. The van der Waals surface area contributed by atoms with E-state index >= 15 is 0 Å². The molecule has 1 atom stereocenters. The Balaban J connectivity index is 2.40. The second-order valence-electron chi connectivity index (χ2n) is 6.16. The van der Waals surface area contributed by atoms with Gasteiger partial charge in [0, 0.05) is 11.0 Å². The Hall–Kier alpha value is -1.56. The highest BCUT2D eigenvalue weighted by Crippen LogP contribution is 2.35. The largest absolute Gasteiger partial charge is 0.467 e. The first kappa shape index (κ1) is 16.8. The quantitative estimate of drug-likeness (QED) is 0.711. The van der Waals surface area contributed by atoms with E-state index in [2.05, 4.69) is 15.9 Å². The highest BCUT2D eigenvalue weighted by Gasteiger charge is 2.39. The Morgan fingerprint density at radius 2 is 2.00 bits per heavy atom. The molecule has 0 fully saturated rings. The Kier molecular flexibility index (Phi) is 4.80. The molecule has 1 aromatic rings. The van der Waals surface area contributed by atoms with Crippen LogP contribution in [0.3, 0.4) is 0 Å². The van der Waals surface area contributed by atoms with Gasteiger partial charge in [-0.1, -0.05) is 28.1 Å². The van der Waals surface area contributed by atoms with Gasteiger partial charge in [-0.2, -0.15) is 0 Å². The molecule has 1 aliphatic rings. The van der Waals surface area contributed by atoms with Crippen LogP contribution in [0.4, 0.5) is 4.79 Å². The SMILES string of the molecule is COC(=O)[C@@H]1c2cccc(Br)c2CCN1C(=O)OC(C)(C)C. The van der Waals surface area contributed by atoms with E-state index in [1.165, 1.54) is 12.0 Å². The number of hydrogen-bond acceptors (Lipinski definition) is 4. The number of rotatable bonds is 1. The number of amides is 1. The molecule has 120 valence electrons. The van der Waals surface area contributed by atoms with E-state index in [4.69, 9.17) is 9.47 Å². The summed E-state index contributed by atoms with van der Waals surface area (Å²) in [5.74, 6) is -0.468. The Bertz CT molecular complexity index is 594. The summed E-state index contributed by atoms with van der Waals surface area (Å²) in [4.78, 5) is 26.1. The number of benzene rings is 1. The van der Waals surface area contributed by atoms with E-state index in [0.717, 1.165) is 15.6 Å². The molecule has 5 nitrogen and oxygen atoms in total. The fourth-order valence-corrected chi connectivity index (χ4v) is 3.09. The molecule has 0 bridgehead atoms. The number of methoxy groups -OCH3 is 1. The second kappa shape index (κ2) is 6.28. The van der Waals surface area contributed by atoms with E-state index in [1.54, 1.807) is 20.8 Å². The van der Waals surface area contributed by atoms with Crippen LogP contribution in [0.15, 0.2) is 22.7 Å². The summed E-state index contributed by atoms with van der Waals surface area (Å²) < 4.78 is 11.2. The summed E-state index contributed by atoms with van der Waals surface area (Å²) in [5, 5.41) is 0. The monoisotopic (exact) mass is 369 g/mol. The molecule has 0 saturated heterocycles. The van der Waals surface area contributed by atoms with Crippen molar-refractivity contribution in [3.8, 4) is 0 Å². The van der Waals surface area contributed by atoms with E-state index in [-0.39, 0.29) is 0 Å². The van der Waals surface area contributed by atoms with Gasteiger partial charge in [-0.15, -0.1) is 0 Å². The normalized spacial score (nSPS) is 17.7. The minimum atomic E-state index is -0.777. The van der Waals surface area contributed by atoms with Gasteiger partial charge in [0.25, 0.3) is 0 Å². The van der Waals surface area contributed by atoms with Gasteiger partial charge in [-0.25, -0.2) is 9.59 Å². The standard InChI is InChI=1S/C16H20BrNO4/c1-16(2,3)22-15(20)18-9-8-10-11(6-5-7-12(10)17)13(18)14(19)21-4/h5-7,13H,8-9H2,1-4H3/t13-/m0/s1. The number of ether oxygens (including phenoxy) is 2. The van der Waals surface area contributed by atoms with E-state index in [9.17, 15) is 9.59 Å². The van der Waals surface area contributed by atoms with Gasteiger partial charge in [-0.3, -0.25) is 4.90 Å². The molecular formula is C16H20BrNO4. The van der Waals surface area contributed by atoms with Crippen LogP contribution in [0.25, 0.3) is 0 Å². The highest BCUT2D eigenvalue weighted by atomic mass is 79.9. The van der Waals surface area contributed by atoms with Crippen LogP contribution >= 0.6 is 15.9 Å². The van der Waals surface area contributed by atoms with Gasteiger partial charge in [0.15, 0.2) is 6.04 Å². The molecule has 6 heteroatoms. The van der Waals surface area contributed by atoms with E-state index in [0.29, 0.717) is 13.0 Å². The molecule has 1 aliphatic heterocycles. The zero-order valence-electron chi connectivity index (χ0n) is 13.2. The second-order valence-corrected chi connectivity index (χ2v) is 7.01. The number of hydrogen-bond donors (Lipinski definition) is 0. The van der Waals surface area contributed by atoms with Crippen molar-refractivity contribution in [2.75, 3.05) is 13.7 Å². The van der Waals surface area contributed by atoms with Crippen molar-refractivity contribution < 1.29 is 19.1 Å². The molecule has 0 saturated carbocycles. The summed E-state index contributed by atoms with van der Waals surface area (Å²) >= 11 is 3.50. The smallest absolute Gasteiger partial charge is 0.411 e. The van der Waals surface area contributed by atoms with Crippen LogP contribution in [0.5, 0.6) is 0 Å². The fraction of sp³-hybridized carbons (Fsp3) is 0.500. The molecule has 0 spiro atoms. The van der Waals surface area contributed by atoms with Crippen molar-refractivity contribution in [3.05, 3.63) is 33.8 Å². The van der Waals surface area contributed by atoms with Crippen molar-refractivity contribution in [2.45, 2.75) is 38.8 Å². The van der Waals surface area contributed by atoms with Crippen molar-refractivity contribution in [3.63, 3.8) is 0 Å². The van der Waals surface area contributed by atoms with Gasteiger partial charge in [0.1, 0.15) is 5.60 Å². The summed E-state index contributed by atoms with van der Waals surface area (Å²) in [6.07, 6.45) is 0.150. The number of esters is 1. The maximum Gasteiger partial charge on any atom is 0.411 e. The van der Waals surface area contributed by atoms with Gasteiger partial charge in [0.05, 0.1) is 7.11 Å². The maximum atomic E-state index is 12.4. The Labute approximate surface area is 138 Å². The first-order valence-electron chi connectivity index (χ1n) is 7.09. The van der Waals surface area contributed by atoms with Gasteiger partial charge >= 0.3 is 12.1 Å². The third-order valence-corrected chi connectivity index (χ3v) is 4.16. The predicted octanol–water partition coefficient (Wildman–Crippen LogP) is 3.46. The number of halogens is 1. The molecule has 0 N–H and O–H groups in total. The Morgan fingerprint density at radius 3 is 2.59 bits per heavy atom. The third-order valence-electron chi connectivity index (χ3n) is 3.42. The van der Waals surface area contributed by atoms with Gasteiger partial charge in [0.2, 0.25) is 0 Å². The van der Waals surface area contributed by atoms with Crippen molar-refractivity contribution in [2.24, 2.45) is 0 Å². The molecule has 2 rings (SSSR count). The Morgan fingerprint density at radius 1 is 1.32 bits per heavy atom. The van der Waals surface area contributed by atoms with Crippen molar-refractivity contribution in [1.29, 1.82) is 0 Å². The molecule has 1 heterocycles. The van der Waals surface area contributed by atoms with Crippen LogP contribution in [0.1, 0.15) is 37.9 Å². The lowest BCUT2D eigenvalue weighted by molar-refractivity contribution is -0.147. The molecule has 0 aliphatic carbocycles. The predicted molar refractivity (Wildman–Crippen MR) is 85.5 cm³/mol.